The summed E-state index contributed by atoms with van der Waals surface area (Å²) in [5.41, 5.74) is 0.785. The molecule has 2 aromatic rings. The van der Waals surface area contributed by atoms with Crippen molar-refractivity contribution >= 4 is 21.9 Å². The van der Waals surface area contributed by atoms with E-state index in [1.54, 1.807) is 18.2 Å². The van der Waals surface area contributed by atoms with Crippen LogP contribution in [0.4, 0.5) is 0 Å². The number of carbonyl (C=O) groups excluding carboxylic acids is 1. The van der Waals surface area contributed by atoms with Gasteiger partial charge in [0.25, 0.3) is 0 Å². The first kappa shape index (κ1) is 15.1. The maximum absolute atomic E-state index is 11.8. The van der Waals surface area contributed by atoms with Crippen LogP contribution >= 0.6 is 15.9 Å². The van der Waals surface area contributed by atoms with Crippen molar-refractivity contribution in [2.24, 2.45) is 0 Å². The van der Waals surface area contributed by atoms with Crippen molar-refractivity contribution in [2.45, 2.75) is 0 Å². The Labute approximate surface area is 131 Å². The second-order valence-electron chi connectivity index (χ2n) is 4.13. The highest BCUT2D eigenvalue weighted by Crippen LogP contribution is 2.15. The lowest BCUT2D eigenvalue weighted by atomic mass is 10.1. The Kier molecular flexibility index (Phi) is 5.35. The summed E-state index contributed by atoms with van der Waals surface area (Å²) in [6, 6.07) is 15.7. The Hall–Kier alpha value is -2.32. The van der Waals surface area contributed by atoms with E-state index in [9.17, 15) is 4.79 Å². The minimum Gasteiger partial charge on any atom is -0.490 e. The highest BCUT2D eigenvalue weighted by molar-refractivity contribution is 9.10. The van der Waals surface area contributed by atoms with Crippen LogP contribution in [-0.4, -0.2) is 19.2 Å². The van der Waals surface area contributed by atoms with E-state index >= 15 is 0 Å². The highest BCUT2D eigenvalue weighted by atomic mass is 79.9. The zero-order valence-corrected chi connectivity index (χ0v) is 12.7. The number of halogens is 1. The fourth-order valence-corrected chi connectivity index (χ4v) is 1.89. The lowest BCUT2D eigenvalue weighted by molar-refractivity contribution is 0.0450. The molecule has 0 aliphatic heterocycles. The van der Waals surface area contributed by atoms with E-state index in [0.29, 0.717) is 16.9 Å². The van der Waals surface area contributed by atoms with Crippen LogP contribution in [0.25, 0.3) is 0 Å². The van der Waals surface area contributed by atoms with Gasteiger partial charge in [-0.1, -0.05) is 22.0 Å². The molecule has 0 amide bonds. The van der Waals surface area contributed by atoms with E-state index in [2.05, 4.69) is 15.9 Å². The van der Waals surface area contributed by atoms with Crippen molar-refractivity contribution in [1.29, 1.82) is 5.26 Å². The van der Waals surface area contributed by atoms with E-state index in [1.807, 2.05) is 30.3 Å². The van der Waals surface area contributed by atoms with Gasteiger partial charge in [0.1, 0.15) is 19.0 Å². The minimum atomic E-state index is -0.466. The zero-order valence-electron chi connectivity index (χ0n) is 11.1. The van der Waals surface area contributed by atoms with Crippen LogP contribution in [0, 0.1) is 11.3 Å². The van der Waals surface area contributed by atoms with E-state index in [1.165, 1.54) is 6.07 Å². The Morgan fingerprint density at radius 1 is 1.14 bits per heavy atom. The van der Waals surface area contributed by atoms with Gasteiger partial charge in [-0.15, -0.1) is 0 Å². The SMILES string of the molecule is N#Cc1cccc(C(=O)OCCOc2ccc(Br)cc2)c1. The first-order chi connectivity index (χ1) is 10.2. The first-order valence-electron chi connectivity index (χ1n) is 6.25. The molecule has 106 valence electrons. The summed E-state index contributed by atoms with van der Waals surface area (Å²) in [7, 11) is 0. The van der Waals surface area contributed by atoms with Gasteiger partial charge < -0.3 is 9.47 Å². The molecule has 5 heteroatoms. The van der Waals surface area contributed by atoms with Crippen LogP contribution in [0.2, 0.25) is 0 Å². The molecule has 2 aromatic carbocycles. The van der Waals surface area contributed by atoms with Gasteiger partial charge in [0.2, 0.25) is 0 Å². The number of nitrogens with zero attached hydrogens (tertiary/aromatic N) is 1. The molecule has 4 nitrogen and oxygen atoms in total. The molecule has 0 saturated carbocycles. The summed E-state index contributed by atoms with van der Waals surface area (Å²) >= 11 is 3.34. The summed E-state index contributed by atoms with van der Waals surface area (Å²) in [6.45, 7) is 0.414. The molecular formula is C16H12BrNO3. The summed E-state index contributed by atoms with van der Waals surface area (Å²) < 4.78 is 11.5. The monoisotopic (exact) mass is 345 g/mol. The maximum Gasteiger partial charge on any atom is 0.338 e. The lowest BCUT2D eigenvalue weighted by Gasteiger charge is -2.07. The number of hydrogen-bond donors (Lipinski definition) is 0. The van der Waals surface area contributed by atoms with Crippen LogP contribution in [0.15, 0.2) is 53.0 Å². The second-order valence-corrected chi connectivity index (χ2v) is 5.05. The third-order valence-electron chi connectivity index (χ3n) is 2.63. The van der Waals surface area contributed by atoms with Crippen LogP contribution in [0.5, 0.6) is 5.75 Å². The van der Waals surface area contributed by atoms with Crippen molar-refractivity contribution in [3.63, 3.8) is 0 Å². The summed E-state index contributed by atoms with van der Waals surface area (Å²) in [4.78, 5) is 11.8. The number of carbonyl (C=O) groups is 1. The van der Waals surface area contributed by atoms with Crippen molar-refractivity contribution < 1.29 is 14.3 Å². The van der Waals surface area contributed by atoms with Crippen molar-refractivity contribution in [2.75, 3.05) is 13.2 Å². The van der Waals surface area contributed by atoms with Gasteiger partial charge in [0.15, 0.2) is 0 Å². The Bertz CT molecular complexity index is 662. The molecule has 0 aliphatic carbocycles. The van der Waals surface area contributed by atoms with Gasteiger partial charge in [-0.3, -0.25) is 0 Å². The fourth-order valence-electron chi connectivity index (χ4n) is 1.62. The van der Waals surface area contributed by atoms with E-state index < -0.39 is 5.97 Å². The molecule has 0 aliphatic rings. The normalized spacial score (nSPS) is 9.71. The molecule has 0 saturated heterocycles. The third kappa shape index (κ3) is 4.62. The van der Waals surface area contributed by atoms with E-state index in [0.717, 1.165) is 4.47 Å². The first-order valence-corrected chi connectivity index (χ1v) is 7.04. The Morgan fingerprint density at radius 3 is 2.62 bits per heavy atom. The average Bonchev–Trinajstić information content (AvgIpc) is 2.53. The molecule has 21 heavy (non-hydrogen) atoms. The topological polar surface area (TPSA) is 59.3 Å². The van der Waals surface area contributed by atoms with Gasteiger partial charge in [-0.25, -0.2) is 4.79 Å². The van der Waals surface area contributed by atoms with Gasteiger partial charge in [-0.2, -0.15) is 5.26 Å². The maximum atomic E-state index is 11.8. The molecule has 0 fully saturated rings. The molecule has 0 heterocycles. The number of hydrogen-bond acceptors (Lipinski definition) is 4. The molecule has 0 bridgehead atoms. The van der Waals surface area contributed by atoms with Crippen LogP contribution in [-0.2, 0) is 4.74 Å². The van der Waals surface area contributed by atoms with E-state index in [-0.39, 0.29) is 13.2 Å². The lowest BCUT2D eigenvalue weighted by Crippen LogP contribution is -2.12. The number of ether oxygens (including phenoxy) is 2. The predicted molar refractivity (Wildman–Crippen MR) is 81.1 cm³/mol. The number of rotatable bonds is 5. The number of nitriles is 1. The van der Waals surface area contributed by atoms with Gasteiger partial charge in [0, 0.05) is 4.47 Å². The second kappa shape index (κ2) is 7.46. The quantitative estimate of drug-likeness (QED) is 0.614. The minimum absolute atomic E-state index is 0.145. The van der Waals surface area contributed by atoms with Crippen LogP contribution in [0.3, 0.4) is 0 Å². The molecule has 0 N–H and O–H groups in total. The molecule has 0 aromatic heterocycles. The van der Waals surface area contributed by atoms with Crippen LogP contribution in [0.1, 0.15) is 15.9 Å². The van der Waals surface area contributed by atoms with Gasteiger partial charge in [-0.05, 0) is 42.5 Å². The molecule has 0 unspecified atom stereocenters. The van der Waals surface area contributed by atoms with E-state index in [4.69, 9.17) is 14.7 Å². The zero-order chi connectivity index (χ0) is 15.1. The summed E-state index contributed by atoms with van der Waals surface area (Å²) in [6.07, 6.45) is 0. The highest BCUT2D eigenvalue weighted by Gasteiger charge is 2.07. The van der Waals surface area contributed by atoms with Crippen molar-refractivity contribution in [1.82, 2.24) is 0 Å². The third-order valence-corrected chi connectivity index (χ3v) is 3.15. The number of benzene rings is 2. The standard InChI is InChI=1S/C16H12BrNO3/c17-14-4-6-15(7-5-14)20-8-9-21-16(19)13-3-1-2-12(10-13)11-18/h1-7,10H,8-9H2. The smallest absolute Gasteiger partial charge is 0.338 e. The van der Waals surface area contributed by atoms with Crippen molar-refractivity contribution in [3.05, 3.63) is 64.1 Å². The average molecular weight is 346 g/mol. The Balaban J connectivity index is 1.79. The molecule has 0 radical (unpaired) electrons. The Morgan fingerprint density at radius 2 is 1.90 bits per heavy atom. The fraction of sp³-hybridized carbons (Fsp3) is 0.125. The van der Waals surface area contributed by atoms with Gasteiger partial charge >= 0.3 is 5.97 Å². The van der Waals surface area contributed by atoms with Gasteiger partial charge in [0.05, 0.1) is 17.2 Å². The summed E-state index contributed by atoms with van der Waals surface area (Å²) in [5, 5.41) is 8.78. The summed E-state index contributed by atoms with van der Waals surface area (Å²) in [5.74, 6) is 0.243. The molecule has 0 atom stereocenters. The molecule has 2 rings (SSSR count). The predicted octanol–water partition coefficient (Wildman–Crippen LogP) is 3.56. The largest absolute Gasteiger partial charge is 0.490 e. The molecular weight excluding hydrogens is 334 g/mol. The van der Waals surface area contributed by atoms with Crippen LogP contribution < -0.4 is 4.74 Å². The van der Waals surface area contributed by atoms with Crippen molar-refractivity contribution in [3.8, 4) is 11.8 Å². The molecule has 0 spiro atoms. The number of esters is 1.